The van der Waals surface area contributed by atoms with Crippen molar-refractivity contribution in [2.75, 3.05) is 12.9 Å². The molecule has 1 aromatic carbocycles. The van der Waals surface area contributed by atoms with E-state index in [1.54, 1.807) is 14.0 Å². The molecule has 6 heteroatoms. The molecule has 0 aliphatic heterocycles. The van der Waals surface area contributed by atoms with E-state index in [1.165, 1.54) is 0 Å². The predicted octanol–water partition coefficient (Wildman–Crippen LogP) is 1.50. The van der Waals surface area contributed by atoms with E-state index in [9.17, 15) is 8.42 Å². The molecule has 0 amide bonds. The summed E-state index contributed by atoms with van der Waals surface area (Å²) >= 11 is 4.99. The maximum absolute atomic E-state index is 12.0. The van der Waals surface area contributed by atoms with E-state index in [0.717, 1.165) is 11.3 Å². The maximum atomic E-state index is 12.0. The van der Waals surface area contributed by atoms with Crippen LogP contribution in [0.25, 0.3) is 0 Å². The monoisotopic (exact) mass is 299 g/mol. The van der Waals surface area contributed by atoms with E-state index in [-0.39, 0.29) is 22.6 Å². The van der Waals surface area contributed by atoms with Gasteiger partial charge in [-0.3, -0.25) is 0 Å². The number of sulfone groups is 1. The molecule has 2 rings (SSSR count). The lowest BCUT2D eigenvalue weighted by molar-refractivity contribution is 0.414. The Morgan fingerprint density at radius 3 is 2.37 bits per heavy atom. The molecule has 0 unspecified atom stereocenters. The van der Waals surface area contributed by atoms with Crippen molar-refractivity contribution in [1.82, 2.24) is 0 Å². The maximum Gasteiger partial charge on any atom is 0.154 e. The largest absolute Gasteiger partial charge is 0.497 e. The highest BCUT2D eigenvalue weighted by molar-refractivity contribution is 7.92. The van der Waals surface area contributed by atoms with Crippen molar-refractivity contribution >= 4 is 27.0 Å². The molecule has 1 aliphatic rings. The highest BCUT2D eigenvalue weighted by atomic mass is 32.2. The first-order chi connectivity index (χ1) is 8.92. The molecular weight excluding hydrogens is 282 g/mol. The molecule has 0 saturated heterocycles. The van der Waals surface area contributed by atoms with Crippen molar-refractivity contribution in [3.8, 4) is 5.75 Å². The van der Waals surface area contributed by atoms with Gasteiger partial charge in [-0.05, 0) is 17.7 Å². The fourth-order valence-corrected chi connectivity index (χ4v) is 4.69. The number of benzene rings is 1. The summed E-state index contributed by atoms with van der Waals surface area (Å²) < 4.78 is 29.2. The van der Waals surface area contributed by atoms with Gasteiger partial charge in [0.2, 0.25) is 0 Å². The summed E-state index contributed by atoms with van der Waals surface area (Å²) in [5.74, 6) is 0.497. The van der Waals surface area contributed by atoms with Gasteiger partial charge >= 0.3 is 0 Å². The van der Waals surface area contributed by atoms with Gasteiger partial charge in [0.25, 0.3) is 0 Å². The van der Waals surface area contributed by atoms with Gasteiger partial charge in [0.1, 0.15) is 5.75 Å². The molecule has 0 heterocycles. The minimum atomic E-state index is -3.13. The molecule has 3 atom stereocenters. The average molecular weight is 299 g/mol. The summed E-state index contributed by atoms with van der Waals surface area (Å²) in [4.78, 5) is 0.280. The van der Waals surface area contributed by atoms with E-state index in [0.29, 0.717) is 0 Å². The Balaban J connectivity index is 2.30. The third kappa shape index (κ3) is 2.60. The molecule has 0 radical (unpaired) electrons. The van der Waals surface area contributed by atoms with E-state index >= 15 is 0 Å². The lowest BCUT2D eigenvalue weighted by Crippen LogP contribution is -2.18. The van der Waals surface area contributed by atoms with Crippen LogP contribution >= 0.6 is 12.2 Å². The predicted molar refractivity (Wildman–Crippen MR) is 79.3 cm³/mol. The molecule has 19 heavy (non-hydrogen) atoms. The quantitative estimate of drug-likeness (QED) is 0.834. The summed E-state index contributed by atoms with van der Waals surface area (Å²) in [6, 6.07) is 7.39. The summed E-state index contributed by atoms with van der Waals surface area (Å²) in [5.41, 5.74) is 6.61. The van der Waals surface area contributed by atoms with Crippen molar-refractivity contribution in [2.45, 2.75) is 18.1 Å². The molecular formula is C13H17NO3S2. The summed E-state index contributed by atoms with van der Waals surface area (Å²) in [7, 11) is -1.54. The van der Waals surface area contributed by atoms with Crippen LogP contribution in [-0.4, -0.2) is 31.5 Å². The fourth-order valence-electron chi connectivity index (χ4n) is 2.48. The van der Waals surface area contributed by atoms with Crippen LogP contribution in [0, 0.1) is 5.92 Å². The van der Waals surface area contributed by atoms with Crippen molar-refractivity contribution in [3.63, 3.8) is 0 Å². The Kier molecular flexibility index (Phi) is 3.82. The topological polar surface area (TPSA) is 69.4 Å². The van der Waals surface area contributed by atoms with Gasteiger partial charge in [-0.15, -0.1) is 0 Å². The number of thiocarbonyl (C=S) groups is 1. The third-order valence-corrected chi connectivity index (χ3v) is 6.09. The van der Waals surface area contributed by atoms with Gasteiger partial charge in [-0.2, -0.15) is 0 Å². The SMILES string of the molecule is CCS(=O)(=O)[C@@H]1[C@H](C(N)=S)[C@@H]1c1ccc(OC)cc1. The molecule has 1 saturated carbocycles. The second kappa shape index (κ2) is 5.09. The third-order valence-electron chi connectivity index (χ3n) is 3.60. The Labute approximate surface area is 118 Å². The smallest absolute Gasteiger partial charge is 0.154 e. The number of hydrogen-bond donors (Lipinski definition) is 1. The van der Waals surface area contributed by atoms with Crippen molar-refractivity contribution in [2.24, 2.45) is 11.7 Å². The molecule has 0 aromatic heterocycles. The normalized spacial score (nSPS) is 25.9. The molecule has 104 valence electrons. The van der Waals surface area contributed by atoms with Crippen LogP contribution in [0.4, 0.5) is 0 Å². The Morgan fingerprint density at radius 1 is 1.37 bits per heavy atom. The van der Waals surface area contributed by atoms with Crippen LogP contribution in [-0.2, 0) is 9.84 Å². The second-order valence-electron chi connectivity index (χ2n) is 4.64. The zero-order valence-electron chi connectivity index (χ0n) is 10.9. The van der Waals surface area contributed by atoms with Gasteiger partial charge in [-0.1, -0.05) is 31.3 Å². The molecule has 0 bridgehead atoms. The van der Waals surface area contributed by atoms with Gasteiger partial charge in [0.15, 0.2) is 9.84 Å². The van der Waals surface area contributed by atoms with Gasteiger partial charge in [0.05, 0.1) is 17.3 Å². The number of methoxy groups -OCH3 is 1. The van der Waals surface area contributed by atoms with Crippen LogP contribution in [0.2, 0.25) is 0 Å². The Morgan fingerprint density at radius 2 is 1.95 bits per heavy atom. The molecule has 1 aliphatic carbocycles. The second-order valence-corrected chi connectivity index (χ2v) is 7.56. The van der Waals surface area contributed by atoms with Crippen LogP contribution in [0.3, 0.4) is 0 Å². The number of ether oxygens (including phenoxy) is 1. The summed E-state index contributed by atoms with van der Waals surface area (Å²) in [6.07, 6.45) is 0. The number of rotatable bonds is 5. The minimum absolute atomic E-state index is 0.115. The van der Waals surface area contributed by atoms with E-state index in [4.69, 9.17) is 22.7 Å². The van der Waals surface area contributed by atoms with E-state index in [2.05, 4.69) is 0 Å². The highest BCUT2D eigenvalue weighted by Crippen LogP contribution is 2.52. The van der Waals surface area contributed by atoms with Gasteiger partial charge < -0.3 is 10.5 Å². The van der Waals surface area contributed by atoms with Crippen molar-refractivity contribution in [3.05, 3.63) is 29.8 Å². The first kappa shape index (κ1) is 14.3. The highest BCUT2D eigenvalue weighted by Gasteiger charge is 2.59. The first-order valence-electron chi connectivity index (χ1n) is 6.07. The molecule has 4 nitrogen and oxygen atoms in total. The van der Waals surface area contributed by atoms with Crippen molar-refractivity contribution in [1.29, 1.82) is 0 Å². The summed E-state index contributed by atoms with van der Waals surface area (Å²) in [5, 5.41) is -0.469. The summed E-state index contributed by atoms with van der Waals surface area (Å²) in [6.45, 7) is 1.65. The van der Waals surface area contributed by atoms with Crippen LogP contribution < -0.4 is 10.5 Å². The van der Waals surface area contributed by atoms with Gasteiger partial charge in [-0.25, -0.2) is 8.42 Å². The zero-order valence-corrected chi connectivity index (χ0v) is 12.5. The minimum Gasteiger partial charge on any atom is -0.497 e. The number of nitrogens with two attached hydrogens (primary N) is 1. The molecule has 0 spiro atoms. The lowest BCUT2D eigenvalue weighted by Gasteiger charge is -2.03. The fraction of sp³-hybridized carbons (Fsp3) is 0.462. The van der Waals surface area contributed by atoms with Crippen LogP contribution in [0.1, 0.15) is 18.4 Å². The molecule has 1 aromatic rings. The van der Waals surface area contributed by atoms with E-state index < -0.39 is 15.1 Å². The Bertz CT molecular complexity index is 580. The van der Waals surface area contributed by atoms with Crippen LogP contribution in [0.15, 0.2) is 24.3 Å². The average Bonchev–Trinajstić information content (AvgIpc) is 3.15. The first-order valence-corrected chi connectivity index (χ1v) is 8.19. The molecule has 2 N–H and O–H groups in total. The zero-order chi connectivity index (χ0) is 14.2. The van der Waals surface area contributed by atoms with Gasteiger partial charge in [0, 0.05) is 17.6 Å². The Hall–Kier alpha value is -1.14. The van der Waals surface area contributed by atoms with Crippen molar-refractivity contribution < 1.29 is 13.2 Å². The van der Waals surface area contributed by atoms with E-state index in [1.807, 2.05) is 24.3 Å². The standard InChI is InChI=1S/C13H17NO3S2/c1-3-19(15,16)12-10(11(12)13(14)18)8-4-6-9(17-2)7-5-8/h4-7,10-12H,3H2,1-2H3,(H2,14,18)/t10-,11+,12-/m0/s1. The number of hydrogen-bond acceptors (Lipinski definition) is 4. The molecule has 1 fully saturated rings. The van der Waals surface area contributed by atoms with Crippen LogP contribution in [0.5, 0.6) is 5.75 Å². The lowest BCUT2D eigenvalue weighted by atomic mass is 10.1.